The van der Waals surface area contributed by atoms with Crippen molar-refractivity contribution in [2.45, 2.75) is 130 Å². The lowest BCUT2D eigenvalue weighted by atomic mass is 9.79. The van der Waals surface area contributed by atoms with Gasteiger partial charge in [-0.1, -0.05) is 132 Å². The minimum atomic E-state index is -0.424. The van der Waals surface area contributed by atoms with E-state index >= 15 is 0 Å². The van der Waals surface area contributed by atoms with Crippen LogP contribution in [0.15, 0.2) is 36.4 Å². The van der Waals surface area contributed by atoms with Crippen LogP contribution in [0.3, 0.4) is 0 Å². The van der Waals surface area contributed by atoms with Crippen molar-refractivity contribution in [3.8, 4) is 11.5 Å². The Bertz CT molecular complexity index is 1040. The van der Waals surface area contributed by atoms with Gasteiger partial charge in [0.2, 0.25) is 0 Å². The third-order valence-corrected chi connectivity index (χ3v) is 7.29. The van der Waals surface area contributed by atoms with E-state index in [1.807, 2.05) is 36.4 Å². The number of rotatable bonds is 9. The molecule has 0 bridgehead atoms. The van der Waals surface area contributed by atoms with Crippen LogP contribution in [0.5, 0.6) is 11.5 Å². The van der Waals surface area contributed by atoms with Crippen molar-refractivity contribution in [3.63, 3.8) is 0 Å². The van der Waals surface area contributed by atoms with E-state index in [4.69, 9.17) is 9.47 Å². The topological polar surface area (TPSA) is 76.7 Å². The molecule has 2 N–H and O–H groups in total. The molecule has 0 aliphatic rings. The Morgan fingerprint density at radius 3 is 1.00 bits per heavy atom. The van der Waals surface area contributed by atoms with Crippen molar-refractivity contribution >= 4 is 12.2 Å². The van der Waals surface area contributed by atoms with Crippen LogP contribution in [-0.2, 0) is 21.7 Å². The standard InChI is InChI=1S/C36H56N2O4/c1-33(2,3)25-19-17-20-26(34(4,5)6)29(25)41-31(39)37-23-15-13-14-16-24-38-32(40)42-30-27(35(7,8)9)21-18-22-28(30)36(10,11)12/h17-22H,13-16,23-24H2,1-12H3,(H,37,39)(H,38,40). The Kier molecular flexibility index (Phi) is 11.7. The second-order valence-electron chi connectivity index (χ2n) is 15.4. The van der Waals surface area contributed by atoms with Gasteiger partial charge in [-0.2, -0.15) is 0 Å². The van der Waals surface area contributed by atoms with Crippen LogP contribution in [0, 0.1) is 0 Å². The number of unbranched alkanes of at least 4 members (excludes halogenated alkanes) is 3. The van der Waals surface area contributed by atoms with Gasteiger partial charge in [0.15, 0.2) is 0 Å². The van der Waals surface area contributed by atoms with Crippen molar-refractivity contribution in [2.75, 3.05) is 13.1 Å². The van der Waals surface area contributed by atoms with Gasteiger partial charge in [0.1, 0.15) is 11.5 Å². The molecule has 0 aromatic heterocycles. The predicted molar refractivity (Wildman–Crippen MR) is 174 cm³/mol. The van der Waals surface area contributed by atoms with Crippen molar-refractivity contribution in [2.24, 2.45) is 0 Å². The fourth-order valence-corrected chi connectivity index (χ4v) is 4.90. The van der Waals surface area contributed by atoms with E-state index in [0.717, 1.165) is 47.9 Å². The van der Waals surface area contributed by atoms with Crippen LogP contribution >= 0.6 is 0 Å². The minimum absolute atomic E-state index is 0.151. The molecule has 6 heteroatoms. The summed E-state index contributed by atoms with van der Waals surface area (Å²) in [5.41, 5.74) is 3.48. The monoisotopic (exact) mass is 580 g/mol. The fourth-order valence-electron chi connectivity index (χ4n) is 4.90. The number of ether oxygens (including phenoxy) is 2. The molecule has 0 saturated heterocycles. The lowest BCUT2D eigenvalue weighted by Gasteiger charge is -2.29. The number of hydrogen-bond donors (Lipinski definition) is 2. The van der Waals surface area contributed by atoms with Crippen LogP contribution in [0.4, 0.5) is 9.59 Å². The van der Waals surface area contributed by atoms with Gasteiger partial charge in [-0.05, 0) is 34.5 Å². The first kappa shape index (κ1) is 35.2. The lowest BCUT2D eigenvalue weighted by molar-refractivity contribution is 0.196. The highest BCUT2D eigenvalue weighted by molar-refractivity contribution is 5.72. The molecule has 0 heterocycles. The van der Waals surface area contributed by atoms with Crippen LogP contribution in [-0.4, -0.2) is 25.3 Å². The number of para-hydroxylation sites is 2. The molecular weight excluding hydrogens is 524 g/mol. The largest absolute Gasteiger partial charge is 0.412 e. The maximum absolute atomic E-state index is 12.7. The number of carbonyl (C=O) groups is 2. The second kappa shape index (κ2) is 14.0. The van der Waals surface area contributed by atoms with Crippen LogP contribution in [0.1, 0.15) is 131 Å². The zero-order valence-electron chi connectivity index (χ0n) is 28.3. The molecule has 42 heavy (non-hydrogen) atoms. The lowest BCUT2D eigenvalue weighted by Crippen LogP contribution is -2.30. The van der Waals surface area contributed by atoms with E-state index < -0.39 is 12.2 Å². The van der Waals surface area contributed by atoms with Gasteiger partial charge < -0.3 is 20.1 Å². The first-order chi connectivity index (χ1) is 19.2. The smallest absolute Gasteiger partial charge is 0.410 e. The molecule has 0 atom stereocenters. The highest BCUT2D eigenvalue weighted by Crippen LogP contribution is 2.40. The Balaban J connectivity index is 1.81. The maximum atomic E-state index is 12.7. The molecule has 0 fully saturated rings. The summed E-state index contributed by atoms with van der Waals surface area (Å²) in [4.78, 5) is 25.4. The molecule has 0 aliphatic carbocycles. The molecule has 0 aliphatic heterocycles. The van der Waals surface area contributed by atoms with E-state index in [1.165, 1.54) is 0 Å². The normalized spacial score (nSPS) is 12.6. The molecule has 0 radical (unpaired) electrons. The average Bonchev–Trinajstić information content (AvgIpc) is 2.83. The SMILES string of the molecule is CC(C)(C)c1cccc(C(C)(C)C)c1OC(=O)NCCCCCCNC(=O)Oc1c(C(C)(C)C)cccc1C(C)(C)C. The first-order valence-electron chi connectivity index (χ1n) is 15.4. The number of benzene rings is 2. The summed E-state index contributed by atoms with van der Waals surface area (Å²) in [5, 5.41) is 5.82. The van der Waals surface area contributed by atoms with Crippen LogP contribution in [0.2, 0.25) is 0 Å². The predicted octanol–water partition coefficient (Wildman–Crippen LogP) is 9.31. The first-order valence-corrected chi connectivity index (χ1v) is 15.4. The van der Waals surface area contributed by atoms with E-state index in [9.17, 15) is 9.59 Å². The quantitative estimate of drug-likeness (QED) is 0.290. The Labute approximate surface area is 255 Å². The summed E-state index contributed by atoms with van der Waals surface area (Å²) in [6.07, 6.45) is 2.69. The zero-order chi connectivity index (χ0) is 31.9. The van der Waals surface area contributed by atoms with Gasteiger partial charge in [0, 0.05) is 35.3 Å². The maximum Gasteiger partial charge on any atom is 0.412 e. The van der Waals surface area contributed by atoms with E-state index in [2.05, 4.69) is 93.7 Å². The zero-order valence-corrected chi connectivity index (χ0v) is 28.3. The minimum Gasteiger partial charge on any atom is -0.410 e. The fraction of sp³-hybridized carbons (Fsp3) is 0.611. The summed E-state index contributed by atoms with van der Waals surface area (Å²) < 4.78 is 11.8. The highest BCUT2D eigenvalue weighted by atomic mass is 16.6. The molecule has 2 aromatic carbocycles. The van der Waals surface area contributed by atoms with Crippen molar-refractivity contribution in [1.82, 2.24) is 10.6 Å². The average molecular weight is 581 g/mol. The van der Waals surface area contributed by atoms with Crippen LogP contribution in [0.25, 0.3) is 0 Å². The molecule has 234 valence electrons. The van der Waals surface area contributed by atoms with Gasteiger partial charge in [-0.15, -0.1) is 0 Å². The molecule has 0 spiro atoms. The second-order valence-corrected chi connectivity index (χ2v) is 15.4. The third-order valence-electron chi connectivity index (χ3n) is 7.29. The molecular formula is C36H56N2O4. The van der Waals surface area contributed by atoms with Crippen LogP contribution < -0.4 is 20.1 Å². The summed E-state index contributed by atoms with van der Waals surface area (Å²) in [6, 6.07) is 12.2. The molecule has 0 saturated carbocycles. The number of carbonyl (C=O) groups excluding carboxylic acids is 2. The van der Waals surface area contributed by atoms with E-state index in [1.54, 1.807) is 0 Å². The number of hydrogen-bond acceptors (Lipinski definition) is 4. The Morgan fingerprint density at radius 1 is 0.500 bits per heavy atom. The number of nitrogens with one attached hydrogen (secondary N) is 2. The van der Waals surface area contributed by atoms with Crippen molar-refractivity contribution < 1.29 is 19.1 Å². The summed E-state index contributed by atoms with van der Waals surface area (Å²) in [7, 11) is 0. The third kappa shape index (κ3) is 10.4. The molecule has 6 nitrogen and oxygen atoms in total. The highest BCUT2D eigenvalue weighted by Gasteiger charge is 2.29. The summed E-state index contributed by atoms with van der Waals surface area (Å²) in [5.74, 6) is 1.32. The summed E-state index contributed by atoms with van der Waals surface area (Å²) in [6.45, 7) is 26.6. The Hall–Kier alpha value is -3.02. The molecule has 2 rings (SSSR count). The van der Waals surface area contributed by atoms with Gasteiger partial charge in [0.25, 0.3) is 0 Å². The molecule has 2 amide bonds. The Morgan fingerprint density at radius 2 is 0.762 bits per heavy atom. The molecule has 0 unspecified atom stereocenters. The van der Waals surface area contributed by atoms with Gasteiger partial charge in [-0.25, -0.2) is 9.59 Å². The van der Waals surface area contributed by atoms with E-state index in [0.29, 0.717) is 24.6 Å². The van der Waals surface area contributed by atoms with Crippen molar-refractivity contribution in [1.29, 1.82) is 0 Å². The van der Waals surface area contributed by atoms with Crippen molar-refractivity contribution in [3.05, 3.63) is 58.7 Å². The molecule has 2 aromatic rings. The number of amides is 2. The van der Waals surface area contributed by atoms with Gasteiger partial charge in [-0.3, -0.25) is 0 Å². The van der Waals surface area contributed by atoms with E-state index in [-0.39, 0.29) is 21.7 Å². The van der Waals surface area contributed by atoms with Gasteiger partial charge >= 0.3 is 12.2 Å². The van der Waals surface area contributed by atoms with Gasteiger partial charge in [0.05, 0.1) is 0 Å². The summed E-state index contributed by atoms with van der Waals surface area (Å²) >= 11 is 0.